The highest BCUT2D eigenvalue weighted by molar-refractivity contribution is 6.30. The Morgan fingerprint density at radius 2 is 1.45 bits per heavy atom. The van der Waals surface area contributed by atoms with Crippen molar-refractivity contribution in [3.05, 3.63) is 107 Å². The van der Waals surface area contributed by atoms with Crippen LogP contribution in [0.4, 0.5) is 13.2 Å². The number of nitrogens with one attached hydrogen (secondary N) is 1. The molecule has 6 heteroatoms. The topological polar surface area (TPSA) is 12.0 Å². The average Bonchev–Trinajstić information content (AvgIpc) is 2.78. The number of halogens is 5. The van der Waals surface area contributed by atoms with E-state index in [0.717, 1.165) is 58.9 Å². The van der Waals surface area contributed by atoms with Crippen molar-refractivity contribution in [2.45, 2.75) is 19.0 Å². The first kappa shape index (κ1) is 25.1. The van der Waals surface area contributed by atoms with Gasteiger partial charge in [0.1, 0.15) is 0 Å². The van der Waals surface area contributed by atoms with Gasteiger partial charge >= 0.3 is 6.18 Å². The molecule has 172 valence electrons. The van der Waals surface area contributed by atoms with Crippen molar-refractivity contribution in [2.24, 2.45) is 0 Å². The molecule has 0 aliphatic carbocycles. The molecule has 0 saturated carbocycles. The molecular weight excluding hydrogens is 466 g/mol. The fourth-order valence-electron chi connectivity index (χ4n) is 3.90. The minimum Gasteiger partial charge on any atom is -0.316 e. The van der Waals surface area contributed by atoms with Crippen molar-refractivity contribution < 1.29 is 13.2 Å². The molecule has 4 aromatic carbocycles. The van der Waals surface area contributed by atoms with Crippen LogP contribution in [0.25, 0.3) is 21.9 Å². The van der Waals surface area contributed by atoms with Gasteiger partial charge in [0.2, 0.25) is 0 Å². The van der Waals surface area contributed by atoms with Crippen LogP contribution in [0.3, 0.4) is 0 Å². The molecule has 0 aliphatic rings. The molecular formula is C27H24Cl2F3N. The third-order valence-corrected chi connectivity index (χ3v) is 5.73. The first-order chi connectivity index (χ1) is 15.4. The van der Waals surface area contributed by atoms with Crippen LogP contribution in [-0.4, -0.2) is 13.1 Å². The molecule has 0 radical (unpaired) electrons. The molecule has 0 aliphatic heterocycles. The van der Waals surface area contributed by atoms with Crippen LogP contribution in [0.1, 0.15) is 16.7 Å². The quantitative estimate of drug-likeness (QED) is 0.259. The fraction of sp³-hybridized carbons (Fsp3) is 0.185. The Morgan fingerprint density at radius 1 is 0.727 bits per heavy atom. The van der Waals surface area contributed by atoms with Gasteiger partial charge in [-0.05, 0) is 83.2 Å². The summed E-state index contributed by atoms with van der Waals surface area (Å²) in [6.07, 6.45) is -2.70. The van der Waals surface area contributed by atoms with Gasteiger partial charge in [-0.15, -0.1) is 12.4 Å². The molecule has 0 fully saturated rings. The van der Waals surface area contributed by atoms with E-state index in [2.05, 4.69) is 17.4 Å². The summed E-state index contributed by atoms with van der Waals surface area (Å²) in [5.41, 5.74) is 3.04. The van der Waals surface area contributed by atoms with Crippen molar-refractivity contribution >= 4 is 34.8 Å². The smallest absolute Gasteiger partial charge is 0.316 e. The van der Waals surface area contributed by atoms with Crippen LogP contribution in [0, 0.1) is 0 Å². The molecule has 0 saturated heterocycles. The molecule has 1 nitrogen and oxygen atoms in total. The first-order valence-electron chi connectivity index (χ1n) is 10.5. The van der Waals surface area contributed by atoms with E-state index in [9.17, 15) is 13.2 Å². The molecule has 0 amide bonds. The van der Waals surface area contributed by atoms with Crippen LogP contribution in [-0.2, 0) is 19.0 Å². The molecule has 0 heterocycles. The zero-order valence-corrected chi connectivity index (χ0v) is 19.4. The molecule has 0 atom stereocenters. The van der Waals surface area contributed by atoms with E-state index in [0.29, 0.717) is 5.56 Å². The van der Waals surface area contributed by atoms with Crippen LogP contribution in [0.5, 0.6) is 0 Å². The predicted octanol–water partition coefficient (Wildman–Crippen LogP) is 7.98. The van der Waals surface area contributed by atoms with Crippen molar-refractivity contribution in [1.29, 1.82) is 0 Å². The minimum atomic E-state index is -4.36. The number of benzene rings is 4. The van der Waals surface area contributed by atoms with Gasteiger partial charge in [-0.3, -0.25) is 0 Å². The second-order valence-electron chi connectivity index (χ2n) is 7.82. The number of rotatable bonds is 7. The molecule has 0 aromatic heterocycles. The van der Waals surface area contributed by atoms with Gasteiger partial charge in [-0.25, -0.2) is 0 Å². The summed E-state index contributed by atoms with van der Waals surface area (Å²) in [4.78, 5) is 0. The Kier molecular flexibility index (Phi) is 8.41. The third-order valence-electron chi connectivity index (χ3n) is 5.49. The van der Waals surface area contributed by atoms with E-state index in [1.54, 1.807) is 6.07 Å². The van der Waals surface area contributed by atoms with Gasteiger partial charge < -0.3 is 5.32 Å². The first-order valence-corrected chi connectivity index (χ1v) is 10.9. The minimum absolute atomic E-state index is 0. The van der Waals surface area contributed by atoms with E-state index in [4.69, 9.17) is 11.6 Å². The van der Waals surface area contributed by atoms with Crippen molar-refractivity contribution in [3.63, 3.8) is 0 Å². The molecule has 0 unspecified atom stereocenters. The molecule has 4 aromatic rings. The normalized spacial score (nSPS) is 11.4. The standard InChI is InChI=1S/C27H23ClF3N.ClH/c28-24-9-3-5-19(16-24)11-13-32-14-12-20-15-21-6-1-2-10-25(21)26(17-20)22-7-4-8-23(18-22)27(29,30)31;/h1-10,15-18,32H,11-14H2;1H. The maximum absolute atomic E-state index is 13.2. The highest BCUT2D eigenvalue weighted by Crippen LogP contribution is 2.35. The summed E-state index contributed by atoms with van der Waals surface area (Å²) in [6, 6.07) is 25.3. The number of hydrogen-bond acceptors (Lipinski definition) is 1. The Balaban J connectivity index is 0.00000306. The van der Waals surface area contributed by atoms with Gasteiger partial charge in [-0.2, -0.15) is 13.2 Å². The molecule has 0 bridgehead atoms. The lowest BCUT2D eigenvalue weighted by molar-refractivity contribution is -0.137. The van der Waals surface area contributed by atoms with E-state index in [-0.39, 0.29) is 12.4 Å². The highest BCUT2D eigenvalue weighted by Gasteiger charge is 2.30. The van der Waals surface area contributed by atoms with Crippen LogP contribution in [0.15, 0.2) is 84.9 Å². The average molecular weight is 490 g/mol. The Bertz CT molecular complexity index is 1220. The zero-order valence-electron chi connectivity index (χ0n) is 17.8. The molecule has 1 N–H and O–H groups in total. The summed E-state index contributed by atoms with van der Waals surface area (Å²) in [7, 11) is 0. The van der Waals surface area contributed by atoms with Gasteiger partial charge in [0, 0.05) is 5.02 Å². The summed E-state index contributed by atoms with van der Waals surface area (Å²) >= 11 is 6.03. The van der Waals surface area contributed by atoms with E-state index < -0.39 is 11.7 Å². The van der Waals surface area contributed by atoms with Crippen molar-refractivity contribution in [3.8, 4) is 11.1 Å². The molecule has 4 rings (SSSR count). The number of fused-ring (bicyclic) bond motifs is 1. The molecule has 0 spiro atoms. The fourth-order valence-corrected chi connectivity index (χ4v) is 4.11. The van der Waals surface area contributed by atoms with Gasteiger partial charge in [0.25, 0.3) is 0 Å². The Hall–Kier alpha value is -2.53. The lowest BCUT2D eigenvalue weighted by Gasteiger charge is -2.13. The van der Waals surface area contributed by atoms with E-state index in [1.165, 1.54) is 17.7 Å². The monoisotopic (exact) mass is 489 g/mol. The second-order valence-corrected chi connectivity index (χ2v) is 8.26. The lowest BCUT2D eigenvalue weighted by Crippen LogP contribution is -2.20. The summed E-state index contributed by atoms with van der Waals surface area (Å²) in [6.45, 7) is 1.61. The maximum Gasteiger partial charge on any atom is 0.416 e. The third kappa shape index (κ3) is 6.50. The predicted molar refractivity (Wildman–Crippen MR) is 133 cm³/mol. The summed E-state index contributed by atoms with van der Waals surface area (Å²) < 4.78 is 39.7. The second kappa shape index (κ2) is 11.1. The van der Waals surface area contributed by atoms with Crippen LogP contribution < -0.4 is 5.32 Å². The van der Waals surface area contributed by atoms with Gasteiger partial charge in [0.05, 0.1) is 5.56 Å². The maximum atomic E-state index is 13.2. The largest absolute Gasteiger partial charge is 0.416 e. The SMILES string of the molecule is Cl.FC(F)(F)c1cccc(-c2cc(CCNCCc3cccc(Cl)c3)cc3ccccc23)c1. The van der Waals surface area contributed by atoms with Crippen LogP contribution in [0.2, 0.25) is 5.02 Å². The number of hydrogen-bond donors (Lipinski definition) is 1. The van der Waals surface area contributed by atoms with Crippen molar-refractivity contribution in [1.82, 2.24) is 5.32 Å². The van der Waals surface area contributed by atoms with Crippen LogP contribution >= 0.6 is 24.0 Å². The highest BCUT2D eigenvalue weighted by atomic mass is 35.5. The van der Waals surface area contributed by atoms with Gasteiger partial charge in [0.15, 0.2) is 0 Å². The Labute approximate surface area is 203 Å². The van der Waals surface area contributed by atoms with E-state index >= 15 is 0 Å². The number of alkyl halides is 3. The Morgan fingerprint density at radius 3 is 2.21 bits per heavy atom. The molecule has 33 heavy (non-hydrogen) atoms. The van der Waals surface area contributed by atoms with E-state index in [1.807, 2.05) is 48.5 Å². The van der Waals surface area contributed by atoms with Crippen molar-refractivity contribution in [2.75, 3.05) is 13.1 Å². The zero-order chi connectivity index (χ0) is 22.6. The summed E-state index contributed by atoms with van der Waals surface area (Å²) in [5.74, 6) is 0. The lowest BCUT2D eigenvalue weighted by atomic mass is 9.93. The summed E-state index contributed by atoms with van der Waals surface area (Å²) in [5, 5.41) is 6.16. The van der Waals surface area contributed by atoms with Gasteiger partial charge in [-0.1, -0.05) is 72.3 Å².